The Kier molecular flexibility index (Phi) is 6.26. The van der Waals surface area contributed by atoms with E-state index >= 15 is 0 Å². The summed E-state index contributed by atoms with van der Waals surface area (Å²) in [5.41, 5.74) is 0.794. The molecule has 1 atom stereocenters. The molecule has 0 aliphatic carbocycles. The molecule has 0 spiro atoms. The molecule has 1 aromatic carbocycles. The Labute approximate surface area is 160 Å². The number of aryl methyl sites for hydroxylation is 1. The number of likely N-dealkylation sites (N-methyl/N-ethyl adjacent to an activating group) is 1. The SMILES string of the molecule is Cc1ccc(S(=O)(=O)N(C)CC(=O)NC(c2cccs2)C(C)(C)C)cc1. The van der Waals surface area contributed by atoms with E-state index in [1.165, 1.54) is 7.05 Å². The van der Waals surface area contributed by atoms with E-state index in [0.717, 1.165) is 14.7 Å². The number of hydrogen-bond acceptors (Lipinski definition) is 4. The predicted octanol–water partition coefficient (Wildman–Crippen LogP) is 3.58. The highest BCUT2D eigenvalue weighted by atomic mass is 32.2. The van der Waals surface area contributed by atoms with E-state index in [4.69, 9.17) is 0 Å². The molecule has 1 aromatic heterocycles. The predicted molar refractivity (Wildman–Crippen MR) is 106 cm³/mol. The molecule has 0 radical (unpaired) electrons. The second-order valence-electron chi connectivity index (χ2n) is 7.46. The molecule has 0 saturated heterocycles. The molecule has 2 rings (SSSR count). The summed E-state index contributed by atoms with van der Waals surface area (Å²) >= 11 is 1.58. The molecule has 0 aliphatic heterocycles. The molecule has 0 aliphatic rings. The van der Waals surface area contributed by atoms with Crippen LogP contribution < -0.4 is 5.32 Å². The highest BCUT2D eigenvalue weighted by Gasteiger charge is 2.30. The highest BCUT2D eigenvalue weighted by molar-refractivity contribution is 7.89. The molecule has 0 fully saturated rings. The van der Waals surface area contributed by atoms with Gasteiger partial charge in [-0.05, 0) is 35.9 Å². The molecule has 5 nitrogen and oxygen atoms in total. The van der Waals surface area contributed by atoms with Gasteiger partial charge in [0.25, 0.3) is 0 Å². The summed E-state index contributed by atoms with van der Waals surface area (Å²) in [5.74, 6) is -0.323. The number of rotatable bonds is 6. The van der Waals surface area contributed by atoms with Gasteiger partial charge in [-0.25, -0.2) is 8.42 Å². The Bertz CT molecular complexity index is 836. The summed E-state index contributed by atoms with van der Waals surface area (Å²) in [7, 11) is -2.28. The highest BCUT2D eigenvalue weighted by Crippen LogP contribution is 2.35. The molecule has 2 aromatic rings. The lowest BCUT2D eigenvalue weighted by atomic mass is 9.86. The van der Waals surface area contributed by atoms with Crippen molar-refractivity contribution in [2.45, 2.75) is 38.6 Å². The van der Waals surface area contributed by atoms with E-state index in [1.807, 2.05) is 45.2 Å². The number of nitrogens with one attached hydrogen (secondary N) is 1. The minimum atomic E-state index is -3.70. The van der Waals surface area contributed by atoms with E-state index in [2.05, 4.69) is 5.32 Å². The third-order valence-corrected chi connectivity index (χ3v) is 6.85. The molecule has 26 heavy (non-hydrogen) atoms. The van der Waals surface area contributed by atoms with E-state index < -0.39 is 10.0 Å². The largest absolute Gasteiger partial charge is 0.347 e. The Morgan fingerprint density at radius 3 is 2.31 bits per heavy atom. The van der Waals surface area contributed by atoms with Crippen LogP contribution in [0.4, 0.5) is 0 Å². The van der Waals surface area contributed by atoms with Crippen molar-refractivity contribution in [2.75, 3.05) is 13.6 Å². The molecular weight excluding hydrogens is 368 g/mol. The third-order valence-electron chi connectivity index (χ3n) is 4.09. The van der Waals surface area contributed by atoms with Crippen LogP contribution in [0.2, 0.25) is 0 Å². The van der Waals surface area contributed by atoms with Gasteiger partial charge in [0.1, 0.15) is 0 Å². The average Bonchev–Trinajstić information content (AvgIpc) is 3.05. The topological polar surface area (TPSA) is 66.5 Å². The van der Waals surface area contributed by atoms with Crippen LogP contribution in [0.25, 0.3) is 0 Å². The van der Waals surface area contributed by atoms with Crippen molar-refractivity contribution < 1.29 is 13.2 Å². The molecule has 7 heteroatoms. The molecular formula is C19H26N2O3S2. The van der Waals surface area contributed by atoms with Crippen LogP contribution in [0.1, 0.15) is 37.3 Å². The van der Waals surface area contributed by atoms with Gasteiger partial charge >= 0.3 is 0 Å². The maximum absolute atomic E-state index is 12.6. The zero-order valence-corrected chi connectivity index (χ0v) is 17.4. The first-order valence-electron chi connectivity index (χ1n) is 8.37. The lowest BCUT2D eigenvalue weighted by molar-refractivity contribution is -0.122. The molecule has 1 unspecified atom stereocenters. The van der Waals surface area contributed by atoms with Crippen molar-refractivity contribution in [2.24, 2.45) is 5.41 Å². The van der Waals surface area contributed by atoms with Gasteiger partial charge in [-0.2, -0.15) is 4.31 Å². The Hall–Kier alpha value is -1.70. The van der Waals surface area contributed by atoms with Crippen molar-refractivity contribution in [3.05, 3.63) is 52.2 Å². The van der Waals surface area contributed by atoms with Gasteiger partial charge < -0.3 is 5.32 Å². The average molecular weight is 395 g/mol. The maximum atomic E-state index is 12.6. The standard InChI is InChI=1S/C19H26N2O3S2/c1-14-8-10-15(11-9-14)26(23,24)21(5)13-17(22)20-18(19(2,3)4)16-7-6-12-25-16/h6-12,18H,13H2,1-5H3,(H,20,22). The van der Waals surface area contributed by atoms with Crippen molar-refractivity contribution in [1.29, 1.82) is 0 Å². The van der Waals surface area contributed by atoms with Gasteiger partial charge in [-0.15, -0.1) is 11.3 Å². The number of benzene rings is 1. The second kappa shape index (κ2) is 7.90. The van der Waals surface area contributed by atoms with Crippen LogP contribution in [0.15, 0.2) is 46.7 Å². The number of amides is 1. The molecule has 1 amide bonds. The van der Waals surface area contributed by atoms with Gasteiger partial charge in [0.2, 0.25) is 15.9 Å². The first-order valence-corrected chi connectivity index (χ1v) is 10.7. The number of carbonyl (C=O) groups is 1. The van der Waals surface area contributed by atoms with Crippen molar-refractivity contribution in [1.82, 2.24) is 9.62 Å². The smallest absolute Gasteiger partial charge is 0.243 e. The second-order valence-corrected chi connectivity index (χ2v) is 10.5. The maximum Gasteiger partial charge on any atom is 0.243 e. The molecule has 0 bridgehead atoms. The Balaban J connectivity index is 2.11. The first-order chi connectivity index (χ1) is 12.0. The Morgan fingerprint density at radius 1 is 1.19 bits per heavy atom. The van der Waals surface area contributed by atoms with Gasteiger partial charge in [0.05, 0.1) is 17.5 Å². The van der Waals surface area contributed by atoms with Crippen LogP contribution >= 0.6 is 11.3 Å². The number of nitrogens with zero attached hydrogens (tertiary/aromatic N) is 1. The minimum Gasteiger partial charge on any atom is -0.347 e. The number of sulfonamides is 1. The fourth-order valence-electron chi connectivity index (χ4n) is 2.55. The van der Waals surface area contributed by atoms with E-state index in [0.29, 0.717) is 0 Å². The summed E-state index contributed by atoms with van der Waals surface area (Å²) in [6.07, 6.45) is 0. The Morgan fingerprint density at radius 2 is 1.81 bits per heavy atom. The number of thiophene rings is 1. The van der Waals surface area contributed by atoms with Gasteiger partial charge in [-0.3, -0.25) is 4.79 Å². The van der Waals surface area contributed by atoms with Crippen molar-refractivity contribution in [3.8, 4) is 0 Å². The van der Waals surface area contributed by atoms with Crippen LogP contribution in [0, 0.1) is 12.3 Å². The summed E-state index contributed by atoms with van der Waals surface area (Å²) in [4.78, 5) is 13.8. The fraction of sp³-hybridized carbons (Fsp3) is 0.421. The molecule has 0 saturated carbocycles. The van der Waals surface area contributed by atoms with E-state index in [9.17, 15) is 13.2 Å². The summed E-state index contributed by atoms with van der Waals surface area (Å²) in [6, 6.07) is 10.4. The molecule has 1 heterocycles. The zero-order chi connectivity index (χ0) is 19.5. The van der Waals surface area contributed by atoms with Crippen molar-refractivity contribution >= 4 is 27.3 Å². The normalized spacial score (nSPS) is 13.6. The van der Waals surface area contributed by atoms with Crippen LogP contribution in [-0.2, 0) is 14.8 Å². The van der Waals surface area contributed by atoms with Gasteiger partial charge in [0, 0.05) is 11.9 Å². The molecule has 1 N–H and O–H groups in total. The first kappa shape index (κ1) is 20.6. The summed E-state index contributed by atoms with van der Waals surface area (Å²) < 4.78 is 26.4. The monoisotopic (exact) mass is 394 g/mol. The zero-order valence-electron chi connectivity index (χ0n) is 15.8. The van der Waals surface area contributed by atoms with Gasteiger partial charge in [-0.1, -0.05) is 44.5 Å². The lowest BCUT2D eigenvalue weighted by Crippen LogP contribution is -2.42. The lowest BCUT2D eigenvalue weighted by Gasteiger charge is -2.31. The summed E-state index contributed by atoms with van der Waals surface area (Å²) in [6.45, 7) is 7.80. The fourth-order valence-corrected chi connectivity index (χ4v) is 4.70. The van der Waals surface area contributed by atoms with Crippen molar-refractivity contribution in [3.63, 3.8) is 0 Å². The quantitative estimate of drug-likeness (QED) is 0.814. The molecule has 142 valence electrons. The third kappa shape index (κ3) is 4.93. The van der Waals surface area contributed by atoms with Gasteiger partial charge in [0.15, 0.2) is 0 Å². The summed E-state index contributed by atoms with van der Waals surface area (Å²) in [5, 5.41) is 4.95. The van der Waals surface area contributed by atoms with E-state index in [-0.39, 0.29) is 28.8 Å². The minimum absolute atomic E-state index is 0.175. The van der Waals surface area contributed by atoms with Crippen LogP contribution in [0.5, 0.6) is 0 Å². The number of carbonyl (C=O) groups excluding carboxylic acids is 1. The number of hydrogen-bond donors (Lipinski definition) is 1. The van der Waals surface area contributed by atoms with E-state index in [1.54, 1.807) is 35.6 Å². The van der Waals surface area contributed by atoms with Crippen LogP contribution in [0.3, 0.4) is 0 Å². The van der Waals surface area contributed by atoms with Crippen LogP contribution in [-0.4, -0.2) is 32.2 Å².